The van der Waals surface area contributed by atoms with Gasteiger partial charge in [0, 0.05) is 25.0 Å². The molecule has 9 nitrogen and oxygen atoms in total. The number of benzene rings is 1. The predicted octanol–water partition coefficient (Wildman–Crippen LogP) is 1.69. The molecule has 1 saturated carbocycles. The highest BCUT2D eigenvalue weighted by Crippen LogP contribution is 2.29. The Bertz CT molecular complexity index is 961. The molecule has 3 aliphatic rings. The van der Waals surface area contributed by atoms with E-state index in [0.717, 1.165) is 24.2 Å². The largest absolute Gasteiger partial charge is 0.497 e. The minimum Gasteiger partial charge on any atom is -0.497 e. The quantitative estimate of drug-likeness (QED) is 0.783. The monoisotopic (exact) mass is 425 g/mol. The maximum Gasteiger partial charge on any atom is 0.276 e. The van der Waals surface area contributed by atoms with Gasteiger partial charge in [-0.2, -0.15) is 0 Å². The predicted molar refractivity (Wildman–Crippen MR) is 110 cm³/mol. The zero-order valence-corrected chi connectivity index (χ0v) is 17.6. The van der Waals surface area contributed by atoms with E-state index in [1.807, 2.05) is 24.3 Å². The van der Waals surface area contributed by atoms with Crippen LogP contribution in [0.1, 0.15) is 53.5 Å². The summed E-state index contributed by atoms with van der Waals surface area (Å²) in [6.07, 6.45) is 3.39. The molecule has 2 aliphatic heterocycles. The van der Waals surface area contributed by atoms with Gasteiger partial charge in [-0.1, -0.05) is 17.3 Å². The summed E-state index contributed by atoms with van der Waals surface area (Å²) in [5, 5.41) is 11.5. The van der Waals surface area contributed by atoms with Crippen molar-refractivity contribution in [2.45, 2.75) is 51.0 Å². The van der Waals surface area contributed by atoms with Crippen LogP contribution in [0.15, 0.2) is 24.3 Å². The Hall–Kier alpha value is -2.94. The third kappa shape index (κ3) is 4.14. The van der Waals surface area contributed by atoms with Crippen molar-refractivity contribution in [2.24, 2.45) is 5.92 Å². The number of aromatic nitrogens is 3. The normalized spacial score (nSPS) is 21.5. The first-order valence-electron chi connectivity index (χ1n) is 10.9. The third-order valence-electron chi connectivity index (χ3n) is 6.36. The summed E-state index contributed by atoms with van der Waals surface area (Å²) in [5.41, 5.74) is 2.10. The van der Waals surface area contributed by atoms with Crippen LogP contribution in [0.3, 0.4) is 0 Å². The smallest absolute Gasteiger partial charge is 0.276 e. The maximum absolute atomic E-state index is 13.1. The second kappa shape index (κ2) is 8.30. The molecular weight excluding hydrogens is 398 g/mol. The molecule has 0 bridgehead atoms. The van der Waals surface area contributed by atoms with Gasteiger partial charge in [0.15, 0.2) is 5.69 Å². The molecule has 0 spiro atoms. The van der Waals surface area contributed by atoms with E-state index in [1.165, 1.54) is 0 Å². The zero-order valence-electron chi connectivity index (χ0n) is 17.6. The lowest BCUT2D eigenvalue weighted by molar-refractivity contribution is -0.126. The number of piperidine rings is 1. The van der Waals surface area contributed by atoms with Crippen molar-refractivity contribution < 1.29 is 19.1 Å². The van der Waals surface area contributed by atoms with E-state index in [2.05, 4.69) is 15.6 Å². The van der Waals surface area contributed by atoms with Gasteiger partial charge in [-0.05, 0) is 43.4 Å². The fourth-order valence-corrected chi connectivity index (χ4v) is 4.24. The third-order valence-corrected chi connectivity index (χ3v) is 6.36. The Kier molecular flexibility index (Phi) is 5.35. The summed E-state index contributed by atoms with van der Waals surface area (Å²) < 4.78 is 13.0. The van der Waals surface area contributed by atoms with Crippen LogP contribution in [0.25, 0.3) is 0 Å². The fraction of sp³-hybridized carbons (Fsp3) is 0.545. The van der Waals surface area contributed by atoms with Crippen molar-refractivity contribution in [3.8, 4) is 5.75 Å². The summed E-state index contributed by atoms with van der Waals surface area (Å²) in [6, 6.07) is 8.12. The van der Waals surface area contributed by atoms with Gasteiger partial charge in [-0.15, -0.1) is 5.10 Å². The molecule has 2 fully saturated rings. The van der Waals surface area contributed by atoms with E-state index < -0.39 is 0 Å². The minimum absolute atomic E-state index is 0.00715. The molecule has 1 aliphatic carbocycles. The van der Waals surface area contributed by atoms with E-state index in [4.69, 9.17) is 9.47 Å². The molecule has 1 aromatic carbocycles. The Labute approximate surface area is 180 Å². The number of hydrogen-bond acceptors (Lipinski definition) is 6. The summed E-state index contributed by atoms with van der Waals surface area (Å²) >= 11 is 0. The van der Waals surface area contributed by atoms with Crippen LogP contribution in [0.5, 0.6) is 5.75 Å². The van der Waals surface area contributed by atoms with Crippen LogP contribution in [0.4, 0.5) is 0 Å². The Morgan fingerprint density at radius 3 is 2.55 bits per heavy atom. The van der Waals surface area contributed by atoms with Gasteiger partial charge in [-0.3, -0.25) is 9.59 Å². The van der Waals surface area contributed by atoms with Crippen molar-refractivity contribution in [1.82, 2.24) is 25.2 Å². The molecule has 1 N–H and O–H groups in total. The summed E-state index contributed by atoms with van der Waals surface area (Å²) in [5.74, 6) is 0.789. The highest BCUT2D eigenvalue weighted by atomic mass is 16.5. The number of ether oxygens (including phenoxy) is 2. The van der Waals surface area contributed by atoms with Gasteiger partial charge < -0.3 is 19.7 Å². The molecule has 2 amide bonds. The van der Waals surface area contributed by atoms with Gasteiger partial charge in [0.2, 0.25) is 5.91 Å². The van der Waals surface area contributed by atoms with Crippen LogP contribution in [0, 0.1) is 5.92 Å². The molecule has 3 heterocycles. The number of nitrogens with zero attached hydrogens (tertiary/aromatic N) is 4. The first-order chi connectivity index (χ1) is 15.1. The average molecular weight is 425 g/mol. The van der Waals surface area contributed by atoms with Crippen LogP contribution in [-0.4, -0.2) is 57.9 Å². The molecule has 2 aromatic rings. The topological polar surface area (TPSA) is 98.6 Å². The highest BCUT2D eigenvalue weighted by molar-refractivity contribution is 5.93. The van der Waals surface area contributed by atoms with Crippen LogP contribution >= 0.6 is 0 Å². The average Bonchev–Trinajstić information content (AvgIpc) is 3.53. The summed E-state index contributed by atoms with van der Waals surface area (Å²) in [6.45, 7) is 1.91. The summed E-state index contributed by atoms with van der Waals surface area (Å²) in [7, 11) is 1.64. The van der Waals surface area contributed by atoms with Gasteiger partial charge >= 0.3 is 0 Å². The molecule has 1 aromatic heterocycles. The SMILES string of the molecule is COc1ccc(C2Cn3nnc(C(=O)N4CCC(C(=O)NC5CC5)CC4)c3CO2)cc1. The molecule has 0 radical (unpaired) electrons. The van der Waals surface area contributed by atoms with Crippen molar-refractivity contribution in [3.05, 3.63) is 41.2 Å². The van der Waals surface area contributed by atoms with Crippen LogP contribution in [0.2, 0.25) is 0 Å². The zero-order chi connectivity index (χ0) is 21.4. The standard InChI is InChI=1S/C22H27N5O4/c1-30-17-6-2-14(3-7-17)19-12-27-18(13-31-19)20(24-25-27)22(29)26-10-8-15(9-11-26)21(28)23-16-4-5-16/h2-3,6-7,15-16,19H,4-5,8-13H2,1H3,(H,23,28). The lowest BCUT2D eigenvalue weighted by atomic mass is 9.95. The van der Waals surface area contributed by atoms with Crippen molar-refractivity contribution in [3.63, 3.8) is 0 Å². The minimum atomic E-state index is -0.149. The molecule has 1 atom stereocenters. The Balaban J connectivity index is 1.21. The number of methoxy groups -OCH3 is 1. The van der Waals surface area contributed by atoms with Gasteiger partial charge in [-0.25, -0.2) is 4.68 Å². The second-order valence-electron chi connectivity index (χ2n) is 8.49. The van der Waals surface area contributed by atoms with Gasteiger partial charge in [0.05, 0.1) is 26.0 Å². The fourth-order valence-electron chi connectivity index (χ4n) is 4.24. The number of nitrogens with one attached hydrogen (secondary N) is 1. The molecule has 1 unspecified atom stereocenters. The number of carbonyl (C=O) groups excluding carboxylic acids is 2. The number of amides is 2. The van der Waals surface area contributed by atoms with E-state index in [9.17, 15) is 9.59 Å². The highest BCUT2D eigenvalue weighted by Gasteiger charge is 2.34. The van der Waals surface area contributed by atoms with E-state index in [1.54, 1.807) is 16.7 Å². The molecule has 5 rings (SSSR count). The molecule has 164 valence electrons. The molecular formula is C22H27N5O4. The van der Waals surface area contributed by atoms with Gasteiger partial charge in [0.25, 0.3) is 5.91 Å². The van der Waals surface area contributed by atoms with Gasteiger partial charge in [0.1, 0.15) is 11.9 Å². The number of likely N-dealkylation sites (tertiary alicyclic amines) is 1. The molecule has 31 heavy (non-hydrogen) atoms. The van der Waals surface area contributed by atoms with Crippen LogP contribution in [-0.2, 0) is 22.7 Å². The number of hydrogen-bond donors (Lipinski definition) is 1. The number of fused-ring (bicyclic) bond motifs is 1. The first kappa shape index (κ1) is 20.0. The lowest BCUT2D eigenvalue weighted by Crippen LogP contribution is -2.43. The number of carbonyl (C=O) groups is 2. The first-order valence-corrected chi connectivity index (χ1v) is 10.9. The molecule has 9 heteroatoms. The second-order valence-corrected chi connectivity index (χ2v) is 8.49. The summed E-state index contributed by atoms with van der Waals surface area (Å²) in [4.78, 5) is 27.1. The number of rotatable bonds is 5. The molecule has 1 saturated heterocycles. The van der Waals surface area contributed by atoms with Crippen molar-refractivity contribution >= 4 is 11.8 Å². The Morgan fingerprint density at radius 2 is 1.87 bits per heavy atom. The van der Waals surface area contributed by atoms with Crippen molar-refractivity contribution in [1.29, 1.82) is 0 Å². The maximum atomic E-state index is 13.1. The van der Waals surface area contributed by atoms with Crippen molar-refractivity contribution in [2.75, 3.05) is 20.2 Å². The van der Waals surface area contributed by atoms with E-state index in [-0.39, 0.29) is 30.4 Å². The Morgan fingerprint density at radius 1 is 1.13 bits per heavy atom. The van der Waals surface area contributed by atoms with E-state index in [0.29, 0.717) is 49.9 Å². The lowest BCUT2D eigenvalue weighted by Gasteiger charge is -2.31. The van der Waals surface area contributed by atoms with E-state index >= 15 is 0 Å². The van der Waals surface area contributed by atoms with Crippen LogP contribution < -0.4 is 10.1 Å².